The van der Waals surface area contributed by atoms with Crippen molar-refractivity contribution in [1.82, 2.24) is 4.72 Å². The second-order valence-electron chi connectivity index (χ2n) is 9.74. The quantitative estimate of drug-likeness (QED) is 0.348. The summed E-state index contributed by atoms with van der Waals surface area (Å²) in [6.07, 6.45) is 2.30. The van der Waals surface area contributed by atoms with Gasteiger partial charge in [-0.15, -0.1) is 24.9 Å². The molecule has 0 saturated carbocycles. The summed E-state index contributed by atoms with van der Waals surface area (Å²) < 4.78 is 2.89. The molecular formula is C27H39B2NS. The lowest BCUT2D eigenvalue weighted by Gasteiger charge is -2.45. The van der Waals surface area contributed by atoms with Crippen LogP contribution in [0.15, 0.2) is 73.8 Å². The molecule has 31 heavy (non-hydrogen) atoms. The molecule has 4 heteroatoms. The van der Waals surface area contributed by atoms with Crippen molar-refractivity contribution in [2.75, 3.05) is 0 Å². The molecule has 0 fully saturated rings. The molecule has 2 aromatic carbocycles. The number of rotatable bonds is 5. The van der Waals surface area contributed by atoms with Crippen molar-refractivity contribution in [2.24, 2.45) is 0 Å². The molecule has 1 aliphatic heterocycles. The van der Waals surface area contributed by atoms with E-state index in [-0.39, 0.29) is 10.3 Å². The zero-order chi connectivity index (χ0) is 23.4. The minimum absolute atomic E-state index is 0.0596. The summed E-state index contributed by atoms with van der Waals surface area (Å²) in [6.45, 7) is 25.5. The Kier molecular flexibility index (Phi) is 8.53. The molecule has 1 heterocycles. The van der Waals surface area contributed by atoms with E-state index in [0.29, 0.717) is 18.8 Å². The van der Waals surface area contributed by atoms with E-state index in [1.165, 1.54) is 22.2 Å². The van der Waals surface area contributed by atoms with Crippen LogP contribution in [0.3, 0.4) is 0 Å². The van der Waals surface area contributed by atoms with E-state index in [4.69, 9.17) is 0 Å². The van der Waals surface area contributed by atoms with Gasteiger partial charge < -0.3 is 4.72 Å². The maximum atomic E-state index is 3.00. The molecule has 1 atom stereocenters. The summed E-state index contributed by atoms with van der Waals surface area (Å²) in [5.74, 6) is 0. The normalized spacial score (nSPS) is 17.6. The number of benzene rings is 2. The van der Waals surface area contributed by atoms with Gasteiger partial charge in [0.15, 0.2) is 0 Å². The topological polar surface area (TPSA) is 3.24 Å². The third kappa shape index (κ3) is 5.41. The van der Waals surface area contributed by atoms with Crippen LogP contribution < -0.4 is 0 Å². The van der Waals surface area contributed by atoms with Crippen molar-refractivity contribution in [3.8, 4) is 0 Å². The lowest BCUT2D eigenvalue weighted by atomic mass is 9.41. The Morgan fingerprint density at radius 1 is 1.00 bits per heavy atom. The SMILES string of the molecule is C/C=C(\B(C)N(B(C)C1SC(C)(C)c2ccccc21)C(C)(C)C)c1ccccc1.C=C. The van der Waals surface area contributed by atoms with Gasteiger partial charge in [0.1, 0.15) is 0 Å². The van der Waals surface area contributed by atoms with Crippen LogP contribution >= 0.6 is 11.8 Å². The van der Waals surface area contributed by atoms with Gasteiger partial charge in [-0.3, -0.25) is 0 Å². The average molecular weight is 431 g/mol. The van der Waals surface area contributed by atoms with Gasteiger partial charge >= 0.3 is 0 Å². The van der Waals surface area contributed by atoms with Crippen LogP contribution in [-0.4, -0.2) is 24.0 Å². The van der Waals surface area contributed by atoms with Crippen LogP contribution in [0.1, 0.15) is 63.4 Å². The van der Waals surface area contributed by atoms with Crippen molar-refractivity contribution >= 4 is 30.9 Å². The zero-order valence-electron chi connectivity index (χ0n) is 20.8. The first-order valence-corrected chi connectivity index (χ1v) is 12.2. The fourth-order valence-corrected chi connectivity index (χ4v) is 6.82. The summed E-state index contributed by atoms with van der Waals surface area (Å²) >= 11 is 2.12. The highest BCUT2D eigenvalue weighted by atomic mass is 32.2. The fourth-order valence-electron chi connectivity index (χ4n) is 5.22. The van der Waals surface area contributed by atoms with Gasteiger partial charge in [0, 0.05) is 9.90 Å². The fraction of sp³-hybridized carbons (Fsp3) is 0.407. The van der Waals surface area contributed by atoms with Crippen LogP contribution in [-0.2, 0) is 4.75 Å². The summed E-state index contributed by atoms with van der Waals surface area (Å²) in [5, 5.41) is 0.469. The Hall–Kier alpha value is -1.64. The summed E-state index contributed by atoms with van der Waals surface area (Å²) in [5.41, 5.74) is 5.80. The van der Waals surface area contributed by atoms with E-state index >= 15 is 0 Å². The molecule has 0 bridgehead atoms. The number of allylic oxidation sites excluding steroid dienone is 1. The monoisotopic (exact) mass is 431 g/mol. The summed E-state index contributed by atoms with van der Waals surface area (Å²) in [7, 11) is 0. The Morgan fingerprint density at radius 3 is 2.10 bits per heavy atom. The third-order valence-corrected chi connectivity index (χ3v) is 7.99. The smallest absolute Gasteiger partial charge is 0.243 e. The highest BCUT2D eigenvalue weighted by Gasteiger charge is 2.46. The Morgan fingerprint density at radius 2 is 1.55 bits per heavy atom. The highest BCUT2D eigenvalue weighted by molar-refractivity contribution is 8.02. The van der Waals surface area contributed by atoms with E-state index < -0.39 is 0 Å². The van der Waals surface area contributed by atoms with Gasteiger partial charge in [0.05, 0.1) is 0 Å². The van der Waals surface area contributed by atoms with Gasteiger partial charge in [-0.25, -0.2) is 0 Å². The summed E-state index contributed by atoms with van der Waals surface area (Å²) in [6, 6.07) is 19.9. The molecule has 1 nitrogen and oxygen atoms in total. The standard InChI is InChI=1S/C25H35B2NS.C2H4/c1-9-22(19-15-11-10-12-16-19)26(7)28(24(2,3)4)27(8)23-20-17-13-14-18-21(20)25(5,6)29-23;1-2/h9-18,23H,1-8H3;1-2H2/b22-9-;. The molecule has 1 aliphatic rings. The van der Waals surface area contributed by atoms with Gasteiger partial charge in [-0.1, -0.05) is 79.8 Å². The van der Waals surface area contributed by atoms with Crippen LogP contribution in [0.5, 0.6) is 0 Å². The van der Waals surface area contributed by atoms with E-state index in [1.807, 2.05) is 0 Å². The zero-order valence-corrected chi connectivity index (χ0v) is 21.6. The Balaban J connectivity index is 0.00000166. The van der Waals surface area contributed by atoms with Gasteiger partial charge in [-0.05, 0) is 63.8 Å². The Bertz CT molecular complexity index is 886. The minimum atomic E-state index is 0.0596. The number of fused-ring (bicyclic) bond motifs is 1. The second-order valence-corrected chi connectivity index (χ2v) is 11.5. The maximum absolute atomic E-state index is 3.00. The number of hydrogen-bond donors (Lipinski definition) is 0. The molecule has 0 aromatic heterocycles. The molecule has 3 rings (SSSR count). The molecule has 0 saturated heterocycles. The van der Waals surface area contributed by atoms with Gasteiger partial charge in [0.25, 0.3) is 0 Å². The largest absolute Gasteiger partial charge is 0.375 e. The van der Waals surface area contributed by atoms with Crippen molar-refractivity contribution in [3.63, 3.8) is 0 Å². The molecule has 0 amide bonds. The van der Waals surface area contributed by atoms with Crippen LogP contribution in [0.4, 0.5) is 0 Å². The molecule has 1 unspecified atom stereocenters. The first-order chi connectivity index (χ1) is 14.6. The molecule has 2 aromatic rings. The number of hydrogen-bond acceptors (Lipinski definition) is 2. The van der Waals surface area contributed by atoms with E-state index in [0.717, 1.165) is 0 Å². The first-order valence-electron chi connectivity index (χ1n) is 11.3. The van der Waals surface area contributed by atoms with Gasteiger partial charge in [-0.2, -0.15) is 0 Å². The van der Waals surface area contributed by atoms with E-state index in [2.05, 4.69) is 146 Å². The molecule has 0 radical (unpaired) electrons. The lowest BCUT2D eigenvalue weighted by molar-refractivity contribution is 0.364. The van der Waals surface area contributed by atoms with Crippen LogP contribution in [0.2, 0.25) is 13.6 Å². The average Bonchev–Trinajstić information content (AvgIpc) is 3.01. The number of thioether (sulfide) groups is 1. The maximum Gasteiger partial charge on any atom is 0.243 e. The molecule has 0 N–H and O–H groups in total. The van der Waals surface area contributed by atoms with Crippen molar-refractivity contribution in [2.45, 2.75) is 70.6 Å². The van der Waals surface area contributed by atoms with Gasteiger partial charge in [0.2, 0.25) is 13.7 Å². The van der Waals surface area contributed by atoms with Crippen LogP contribution in [0, 0.1) is 0 Å². The predicted molar refractivity (Wildman–Crippen MR) is 146 cm³/mol. The first kappa shape index (κ1) is 25.6. The summed E-state index contributed by atoms with van der Waals surface area (Å²) in [4.78, 5) is 0. The van der Waals surface area contributed by atoms with Crippen molar-refractivity contribution in [3.05, 3.63) is 90.5 Å². The number of nitrogens with zero attached hydrogens (tertiary/aromatic N) is 1. The van der Waals surface area contributed by atoms with E-state index in [9.17, 15) is 0 Å². The second kappa shape index (κ2) is 10.3. The highest BCUT2D eigenvalue weighted by Crippen LogP contribution is 2.56. The van der Waals surface area contributed by atoms with Crippen LogP contribution in [0.25, 0.3) is 5.47 Å². The van der Waals surface area contributed by atoms with E-state index in [1.54, 1.807) is 0 Å². The molecular weight excluding hydrogens is 392 g/mol. The molecule has 164 valence electrons. The lowest BCUT2D eigenvalue weighted by Crippen LogP contribution is -2.58. The van der Waals surface area contributed by atoms with Crippen molar-refractivity contribution in [1.29, 1.82) is 0 Å². The third-order valence-electron chi connectivity index (χ3n) is 6.27. The predicted octanol–water partition coefficient (Wildman–Crippen LogP) is 8.04. The minimum Gasteiger partial charge on any atom is -0.375 e. The Labute approximate surface area is 196 Å². The molecule has 0 aliphatic carbocycles. The molecule has 0 spiro atoms. The van der Waals surface area contributed by atoms with Crippen molar-refractivity contribution < 1.29 is 0 Å².